The number of nitrogens with one attached hydrogen (secondary N) is 2. The van der Waals surface area contributed by atoms with Crippen molar-refractivity contribution >= 4 is 41.2 Å². The van der Waals surface area contributed by atoms with E-state index >= 15 is 0 Å². The van der Waals surface area contributed by atoms with Crippen LogP contribution in [0.15, 0.2) is 35.9 Å². The first kappa shape index (κ1) is 38.2. The Morgan fingerprint density at radius 3 is 2.53 bits per heavy atom. The van der Waals surface area contributed by atoms with Gasteiger partial charge in [-0.25, -0.2) is 9.59 Å². The SMILES string of the molecule is COc1cc2cc(c1Cl)N(C)C(=O)C[C@@H](OC(=O)[C@H](C)NC(=O)C(C)C)[C@]1(C)O[C@H]1[C@H](C)[C@@H]1C[C@@](O)(NC(=O)O1)[C@H](OC)/C=C/C=C(\C)C2. The van der Waals surface area contributed by atoms with Gasteiger partial charge in [-0.1, -0.05) is 56.2 Å². The van der Waals surface area contributed by atoms with E-state index in [9.17, 15) is 24.3 Å². The summed E-state index contributed by atoms with van der Waals surface area (Å²) in [7, 11) is 4.49. The number of carbonyl (C=O) groups excluding carboxylic acids is 4. The first-order chi connectivity index (χ1) is 22.9. The molecule has 4 rings (SSSR count). The van der Waals surface area contributed by atoms with Gasteiger partial charge in [0, 0.05) is 32.4 Å². The van der Waals surface area contributed by atoms with Gasteiger partial charge >= 0.3 is 12.1 Å². The highest BCUT2D eigenvalue weighted by Crippen LogP contribution is 2.49. The van der Waals surface area contributed by atoms with Crippen LogP contribution in [0, 0.1) is 11.8 Å². The molecular weight excluding hydrogens is 658 g/mol. The number of esters is 1. The maximum atomic E-state index is 14.0. The lowest BCUT2D eigenvalue weighted by molar-refractivity contribution is -0.157. The van der Waals surface area contributed by atoms with E-state index in [1.807, 2.05) is 13.0 Å². The van der Waals surface area contributed by atoms with Crippen molar-refractivity contribution in [2.75, 3.05) is 26.2 Å². The van der Waals surface area contributed by atoms with E-state index in [1.54, 1.807) is 59.0 Å². The average Bonchev–Trinajstić information content (AvgIpc) is 3.73. The molecule has 0 spiro atoms. The third-order valence-electron chi connectivity index (χ3n) is 9.45. The Bertz CT molecular complexity index is 1510. The van der Waals surface area contributed by atoms with Crippen molar-refractivity contribution in [2.24, 2.45) is 11.8 Å². The molecule has 3 aliphatic rings. The molecule has 1 aromatic rings. The number of ether oxygens (including phenoxy) is 5. The number of epoxide rings is 1. The topological polar surface area (TPSA) is 165 Å². The molecule has 0 radical (unpaired) electrons. The lowest BCUT2D eigenvalue weighted by Crippen LogP contribution is -2.63. The van der Waals surface area contributed by atoms with Gasteiger partial charge in [0.2, 0.25) is 11.8 Å². The van der Waals surface area contributed by atoms with E-state index in [2.05, 4.69) is 10.6 Å². The molecule has 2 saturated heterocycles. The van der Waals surface area contributed by atoms with Crippen LogP contribution < -0.4 is 20.3 Å². The van der Waals surface area contributed by atoms with Crippen LogP contribution in [0.3, 0.4) is 0 Å². The fraction of sp³-hybridized carbons (Fsp3) is 0.600. The number of benzene rings is 1. The van der Waals surface area contributed by atoms with E-state index in [0.717, 1.165) is 11.1 Å². The Labute approximate surface area is 292 Å². The summed E-state index contributed by atoms with van der Waals surface area (Å²) in [6.07, 6.45) is 0.988. The number of anilines is 1. The molecule has 3 aliphatic heterocycles. The zero-order chi connectivity index (χ0) is 36.4. The van der Waals surface area contributed by atoms with Gasteiger partial charge in [0.1, 0.15) is 40.7 Å². The Balaban J connectivity index is 1.77. The Kier molecular flexibility index (Phi) is 11.7. The quantitative estimate of drug-likeness (QED) is 0.293. The van der Waals surface area contributed by atoms with E-state index in [0.29, 0.717) is 17.9 Å². The standard InChI is InChI=1S/C35H48ClN3O10/c1-18(2)31(41)37-21(5)32(42)48-27-16-28(40)39(7)23-14-22(15-24(45-8)29(23)36)13-19(3)11-10-12-26(46-9)35(44)17-25(47-33(43)38-35)20(4)30-34(27,6)49-30/h10-12,14-15,18,20-21,25-27,30,44H,13,16-17H2,1-9H3,(H,37,41)(H,38,43)/b12-10+,19-11+/t20-,21+,25+,26-,27-,30+,34+,35+/m1/s1. The first-order valence-corrected chi connectivity index (χ1v) is 16.7. The Morgan fingerprint density at radius 1 is 1.20 bits per heavy atom. The van der Waals surface area contributed by atoms with Crippen molar-refractivity contribution in [1.29, 1.82) is 0 Å². The second kappa shape index (κ2) is 15.1. The normalized spacial score (nSPS) is 32.9. The number of allylic oxidation sites excluding steroid dienone is 3. The number of nitrogens with zero attached hydrogens (tertiary/aromatic N) is 1. The van der Waals surface area contributed by atoms with Gasteiger partial charge in [-0.3, -0.25) is 14.9 Å². The van der Waals surface area contributed by atoms with Crippen LogP contribution in [0.25, 0.3) is 0 Å². The van der Waals surface area contributed by atoms with Crippen molar-refractivity contribution in [2.45, 2.75) is 103 Å². The number of methoxy groups -OCH3 is 2. The third kappa shape index (κ3) is 8.39. The Morgan fingerprint density at radius 2 is 1.90 bits per heavy atom. The number of carbonyl (C=O) groups is 4. The highest BCUT2D eigenvalue weighted by molar-refractivity contribution is 6.35. The van der Waals surface area contributed by atoms with Gasteiger partial charge in [0.15, 0.2) is 5.72 Å². The van der Waals surface area contributed by atoms with E-state index in [4.69, 9.17) is 35.3 Å². The summed E-state index contributed by atoms with van der Waals surface area (Å²) in [6, 6.07) is 2.57. The van der Waals surface area contributed by atoms with Crippen molar-refractivity contribution in [3.8, 4) is 5.75 Å². The van der Waals surface area contributed by atoms with Gasteiger partial charge in [0.05, 0.1) is 25.3 Å². The number of rotatable bonds is 6. The molecule has 3 heterocycles. The number of fused-ring (bicyclic) bond motifs is 5. The molecule has 0 aliphatic carbocycles. The zero-order valence-electron chi connectivity index (χ0n) is 29.5. The van der Waals surface area contributed by atoms with Crippen LogP contribution in [0.4, 0.5) is 10.5 Å². The summed E-state index contributed by atoms with van der Waals surface area (Å²) in [4.78, 5) is 53.8. The molecule has 3 amide bonds. The van der Waals surface area contributed by atoms with Gasteiger partial charge in [0.25, 0.3) is 0 Å². The highest BCUT2D eigenvalue weighted by Gasteiger charge is 2.64. The number of halogens is 1. The number of amides is 3. The van der Waals surface area contributed by atoms with E-state index in [1.165, 1.54) is 26.0 Å². The number of alkyl carbamates (subject to hydrolysis) is 1. The Hall–Kier alpha value is -3.65. The number of hydrogen-bond donors (Lipinski definition) is 3. The minimum absolute atomic E-state index is 0.0457. The fourth-order valence-corrected chi connectivity index (χ4v) is 6.60. The van der Waals surface area contributed by atoms with Crippen LogP contribution in [-0.4, -0.2) is 92.0 Å². The van der Waals surface area contributed by atoms with Gasteiger partial charge < -0.3 is 39.0 Å². The molecule has 0 saturated carbocycles. The smallest absolute Gasteiger partial charge is 0.409 e. The number of aliphatic hydroxyl groups is 1. The van der Waals surface area contributed by atoms with E-state index in [-0.39, 0.29) is 29.7 Å². The molecule has 2 fully saturated rings. The van der Waals surface area contributed by atoms with Crippen LogP contribution in [0.5, 0.6) is 5.75 Å². The van der Waals surface area contributed by atoms with E-state index < -0.39 is 65.7 Å². The van der Waals surface area contributed by atoms with Crippen molar-refractivity contribution in [3.05, 3.63) is 46.5 Å². The molecule has 8 atom stereocenters. The molecule has 13 nitrogen and oxygen atoms in total. The molecule has 270 valence electrons. The summed E-state index contributed by atoms with van der Waals surface area (Å²) >= 11 is 6.72. The predicted molar refractivity (Wildman–Crippen MR) is 181 cm³/mol. The summed E-state index contributed by atoms with van der Waals surface area (Å²) in [5.41, 5.74) is -0.885. The van der Waals surface area contributed by atoms with Crippen LogP contribution in [-0.2, 0) is 39.8 Å². The third-order valence-corrected chi connectivity index (χ3v) is 9.83. The van der Waals surface area contributed by atoms with Gasteiger partial charge in [-0.2, -0.15) is 0 Å². The van der Waals surface area contributed by atoms with Crippen molar-refractivity contribution < 1.29 is 48.0 Å². The highest BCUT2D eigenvalue weighted by atomic mass is 35.5. The fourth-order valence-electron chi connectivity index (χ4n) is 6.29. The monoisotopic (exact) mass is 705 g/mol. The first-order valence-electron chi connectivity index (χ1n) is 16.3. The maximum Gasteiger partial charge on any atom is 0.409 e. The second-order valence-corrected chi connectivity index (χ2v) is 14.0. The zero-order valence-corrected chi connectivity index (χ0v) is 30.3. The minimum Gasteiger partial charge on any atom is -0.495 e. The summed E-state index contributed by atoms with van der Waals surface area (Å²) in [6.45, 7) is 10.3. The molecule has 3 N–H and O–H groups in total. The van der Waals surface area contributed by atoms with Crippen LogP contribution >= 0.6 is 11.6 Å². The molecule has 49 heavy (non-hydrogen) atoms. The average molecular weight is 706 g/mol. The molecule has 4 bridgehead atoms. The van der Waals surface area contributed by atoms with Crippen LogP contribution in [0.1, 0.15) is 59.9 Å². The molecule has 1 aromatic carbocycles. The summed E-state index contributed by atoms with van der Waals surface area (Å²) < 4.78 is 28.9. The summed E-state index contributed by atoms with van der Waals surface area (Å²) in [5, 5.41) is 17.0. The molecule has 0 unspecified atom stereocenters. The second-order valence-electron chi connectivity index (χ2n) is 13.6. The minimum atomic E-state index is -1.82. The molecular formula is C35H48ClN3O10. The van der Waals surface area contributed by atoms with Crippen LogP contribution in [0.2, 0.25) is 5.02 Å². The maximum absolute atomic E-state index is 14.0. The van der Waals surface area contributed by atoms with Gasteiger partial charge in [-0.05, 0) is 44.9 Å². The lowest BCUT2D eigenvalue weighted by Gasteiger charge is -2.42. The van der Waals surface area contributed by atoms with Crippen molar-refractivity contribution in [1.82, 2.24) is 10.6 Å². The summed E-state index contributed by atoms with van der Waals surface area (Å²) in [5.74, 6) is -2.03. The number of hydrogen-bond acceptors (Lipinski definition) is 10. The molecule has 14 heteroatoms. The van der Waals surface area contributed by atoms with Crippen molar-refractivity contribution in [3.63, 3.8) is 0 Å². The van der Waals surface area contributed by atoms with Gasteiger partial charge in [-0.15, -0.1) is 0 Å². The predicted octanol–water partition coefficient (Wildman–Crippen LogP) is 3.83. The molecule has 0 aromatic heterocycles. The lowest BCUT2D eigenvalue weighted by atomic mass is 9.83. The largest absolute Gasteiger partial charge is 0.495 e.